The molecule has 0 fully saturated rings. The minimum absolute atomic E-state index is 0.238. The predicted molar refractivity (Wildman–Crippen MR) is 86.8 cm³/mol. The van der Waals surface area contributed by atoms with Crippen LogP contribution in [-0.2, 0) is 6.42 Å². The molecule has 0 aliphatic heterocycles. The van der Waals surface area contributed by atoms with E-state index in [1.54, 1.807) is 11.8 Å². The predicted octanol–water partition coefficient (Wildman–Crippen LogP) is 4.84. The van der Waals surface area contributed by atoms with Gasteiger partial charge in [-0.05, 0) is 49.3 Å². The molecule has 0 aromatic heterocycles. The van der Waals surface area contributed by atoms with E-state index in [-0.39, 0.29) is 5.78 Å². The third-order valence-electron chi connectivity index (χ3n) is 3.72. The largest absolute Gasteiger partial charge is 0.294 e. The Bertz CT molecular complexity index is 617. The topological polar surface area (TPSA) is 17.1 Å². The van der Waals surface area contributed by atoms with Crippen LogP contribution >= 0.6 is 11.8 Å². The Labute approximate surface area is 125 Å². The van der Waals surface area contributed by atoms with Crippen molar-refractivity contribution >= 4 is 17.5 Å². The summed E-state index contributed by atoms with van der Waals surface area (Å²) in [6.45, 7) is 4.08. The SMILES string of the molecule is CSc1ccccc1CCC(=O)c1cccc(C)c1C. The summed E-state index contributed by atoms with van der Waals surface area (Å²) in [4.78, 5) is 13.6. The minimum Gasteiger partial charge on any atom is -0.294 e. The third kappa shape index (κ3) is 3.31. The van der Waals surface area contributed by atoms with Gasteiger partial charge < -0.3 is 0 Å². The smallest absolute Gasteiger partial charge is 0.163 e. The minimum atomic E-state index is 0.238. The van der Waals surface area contributed by atoms with Crippen molar-refractivity contribution in [2.24, 2.45) is 0 Å². The third-order valence-corrected chi connectivity index (χ3v) is 4.56. The zero-order valence-corrected chi connectivity index (χ0v) is 13.1. The first-order valence-electron chi connectivity index (χ1n) is 6.84. The number of carbonyl (C=O) groups excluding carboxylic acids is 1. The maximum absolute atomic E-state index is 12.4. The Balaban J connectivity index is 2.11. The summed E-state index contributed by atoms with van der Waals surface area (Å²) < 4.78 is 0. The molecule has 0 aliphatic rings. The summed E-state index contributed by atoms with van der Waals surface area (Å²) in [5, 5.41) is 0. The van der Waals surface area contributed by atoms with Gasteiger partial charge >= 0.3 is 0 Å². The van der Waals surface area contributed by atoms with E-state index in [1.807, 2.05) is 31.2 Å². The Morgan fingerprint density at radius 3 is 2.55 bits per heavy atom. The molecule has 20 heavy (non-hydrogen) atoms. The number of carbonyl (C=O) groups is 1. The van der Waals surface area contributed by atoms with E-state index < -0.39 is 0 Å². The van der Waals surface area contributed by atoms with Gasteiger partial charge in [0.1, 0.15) is 0 Å². The first-order valence-corrected chi connectivity index (χ1v) is 8.07. The van der Waals surface area contributed by atoms with E-state index in [0.29, 0.717) is 6.42 Å². The molecule has 1 nitrogen and oxygen atoms in total. The molecule has 0 radical (unpaired) electrons. The first kappa shape index (κ1) is 14.9. The van der Waals surface area contributed by atoms with Crippen molar-refractivity contribution in [3.05, 3.63) is 64.7 Å². The summed E-state index contributed by atoms with van der Waals surface area (Å²) in [5.41, 5.74) is 4.42. The standard InChI is InChI=1S/C18H20OS/c1-13-7-6-9-16(14(13)2)17(19)12-11-15-8-4-5-10-18(15)20-3/h4-10H,11-12H2,1-3H3. The molecule has 0 atom stereocenters. The number of rotatable bonds is 5. The maximum atomic E-state index is 12.4. The van der Waals surface area contributed by atoms with E-state index >= 15 is 0 Å². The number of benzene rings is 2. The second-order valence-electron chi connectivity index (χ2n) is 4.98. The van der Waals surface area contributed by atoms with Crippen LogP contribution in [0.3, 0.4) is 0 Å². The number of hydrogen-bond acceptors (Lipinski definition) is 2. The lowest BCUT2D eigenvalue weighted by Crippen LogP contribution is -2.05. The van der Waals surface area contributed by atoms with Crippen LogP contribution in [0.5, 0.6) is 0 Å². The van der Waals surface area contributed by atoms with Crippen LogP contribution in [0.25, 0.3) is 0 Å². The average Bonchev–Trinajstić information content (AvgIpc) is 2.48. The highest BCUT2D eigenvalue weighted by Gasteiger charge is 2.11. The van der Waals surface area contributed by atoms with Crippen molar-refractivity contribution in [1.29, 1.82) is 0 Å². The van der Waals surface area contributed by atoms with Crippen LogP contribution < -0.4 is 0 Å². The van der Waals surface area contributed by atoms with Gasteiger partial charge in [0.25, 0.3) is 0 Å². The molecule has 104 valence electrons. The summed E-state index contributed by atoms with van der Waals surface area (Å²) in [6, 6.07) is 14.3. The fourth-order valence-corrected chi connectivity index (χ4v) is 2.99. The molecule has 2 aromatic rings. The van der Waals surface area contributed by atoms with Crippen molar-refractivity contribution in [3.63, 3.8) is 0 Å². The van der Waals surface area contributed by atoms with Gasteiger partial charge in [0.2, 0.25) is 0 Å². The molecule has 0 bridgehead atoms. The van der Waals surface area contributed by atoms with Crippen molar-refractivity contribution in [1.82, 2.24) is 0 Å². The van der Waals surface area contributed by atoms with Crippen LogP contribution in [0.2, 0.25) is 0 Å². The van der Waals surface area contributed by atoms with Gasteiger partial charge in [-0.1, -0.05) is 36.4 Å². The van der Waals surface area contributed by atoms with Crippen LogP contribution in [0, 0.1) is 13.8 Å². The average molecular weight is 284 g/mol. The first-order chi connectivity index (χ1) is 9.63. The summed E-state index contributed by atoms with van der Waals surface area (Å²) >= 11 is 1.74. The van der Waals surface area contributed by atoms with E-state index in [0.717, 1.165) is 17.5 Å². The molecular formula is C18H20OS. The molecule has 0 saturated carbocycles. The Kier molecular flexibility index (Phi) is 5.02. The van der Waals surface area contributed by atoms with Crippen molar-refractivity contribution in [2.75, 3.05) is 6.26 Å². The Hall–Kier alpha value is -1.54. The fourth-order valence-electron chi connectivity index (χ4n) is 2.35. The van der Waals surface area contributed by atoms with Crippen LogP contribution in [0.1, 0.15) is 33.5 Å². The number of aryl methyl sites for hydroxylation is 2. The summed E-state index contributed by atoms with van der Waals surface area (Å²) in [7, 11) is 0. The van der Waals surface area contributed by atoms with Gasteiger partial charge in [0, 0.05) is 16.9 Å². The summed E-state index contributed by atoms with van der Waals surface area (Å²) in [6.07, 6.45) is 3.45. The molecule has 2 heteroatoms. The van der Waals surface area contributed by atoms with Gasteiger partial charge in [-0.15, -0.1) is 11.8 Å². The molecule has 0 unspecified atom stereocenters. The second-order valence-corrected chi connectivity index (χ2v) is 5.83. The fraction of sp³-hybridized carbons (Fsp3) is 0.278. The molecule has 0 spiro atoms. The normalized spacial score (nSPS) is 10.6. The quantitative estimate of drug-likeness (QED) is 0.577. The van der Waals surface area contributed by atoms with Crippen molar-refractivity contribution in [2.45, 2.75) is 31.6 Å². The van der Waals surface area contributed by atoms with Crippen LogP contribution in [0.15, 0.2) is 47.4 Å². The van der Waals surface area contributed by atoms with E-state index in [4.69, 9.17) is 0 Å². The summed E-state index contributed by atoms with van der Waals surface area (Å²) in [5.74, 6) is 0.238. The molecule has 2 rings (SSSR count). The lowest BCUT2D eigenvalue weighted by Gasteiger charge is -2.09. The van der Waals surface area contributed by atoms with E-state index in [2.05, 4.69) is 31.4 Å². The van der Waals surface area contributed by atoms with E-state index in [1.165, 1.54) is 16.0 Å². The second kappa shape index (κ2) is 6.76. The van der Waals surface area contributed by atoms with Gasteiger partial charge in [0.05, 0.1) is 0 Å². The number of thioether (sulfide) groups is 1. The molecule has 0 amide bonds. The van der Waals surface area contributed by atoms with Crippen molar-refractivity contribution in [3.8, 4) is 0 Å². The Morgan fingerprint density at radius 1 is 1.05 bits per heavy atom. The number of Topliss-reactive ketones (excluding diaryl/α,β-unsaturated/α-hetero) is 1. The molecular weight excluding hydrogens is 264 g/mol. The van der Waals surface area contributed by atoms with E-state index in [9.17, 15) is 4.79 Å². The molecule has 2 aromatic carbocycles. The van der Waals surface area contributed by atoms with Crippen molar-refractivity contribution < 1.29 is 4.79 Å². The monoisotopic (exact) mass is 284 g/mol. The van der Waals surface area contributed by atoms with Gasteiger partial charge in [-0.2, -0.15) is 0 Å². The zero-order valence-electron chi connectivity index (χ0n) is 12.3. The Morgan fingerprint density at radius 2 is 1.80 bits per heavy atom. The zero-order chi connectivity index (χ0) is 14.5. The lowest BCUT2D eigenvalue weighted by molar-refractivity contribution is 0.0982. The number of ketones is 1. The van der Waals surface area contributed by atoms with Crippen LogP contribution in [0.4, 0.5) is 0 Å². The van der Waals surface area contributed by atoms with Crippen LogP contribution in [-0.4, -0.2) is 12.0 Å². The molecule has 0 saturated heterocycles. The highest BCUT2D eigenvalue weighted by Crippen LogP contribution is 2.22. The highest BCUT2D eigenvalue weighted by molar-refractivity contribution is 7.98. The van der Waals surface area contributed by atoms with Gasteiger partial charge in [0.15, 0.2) is 5.78 Å². The molecule has 0 N–H and O–H groups in total. The molecule has 0 aliphatic carbocycles. The maximum Gasteiger partial charge on any atom is 0.163 e. The molecule has 0 heterocycles. The highest BCUT2D eigenvalue weighted by atomic mass is 32.2. The van der Waals surface area contributed by atoms with Gasteiger partial charge in [-0.3, -0.25) is 4.79 Å². The number of hydrogen-bond donors (Lipinski definition) is 0. The van der Waals surface area contributed by atoms with Gasteiger partial charge in [-0.25, -0.2) is 0 Å². The lowest BCUT2D eigenvalue weighted by atomic mass is 9.96.